The minimum atomic E-state index is 0.816. The number of anilines is 1. The van der Waals surface area contributed by atoms with Gasteiger partial charge in [-0.25, -0.2) is 9.97 Å². The van der Waals surface area contributed by atoms with E-state index in [0.717, 1.165) is 38.5 Å². The Morgan fingerprint density at radius 3 is 1.34 bits per heavy atom. The number of hydrogen-bond donors (Lipinski definition) is 1. The molecule has 0 aliphatic rings. The Hall–Kier alpha value is -3.98. The van der Waals surface area contributed by atoms with Gasteiger partial charge in [0.25, 0.3) is 0 Å². The molecule has 0 unspecified atom stereocenters. The van der Waals surface area contributed by atoms with Crippen LogP contribution in [0.15, 0.2) is 103 Å². The molecule has 6 aromatic rings. The smallest absolute Gasteiger partial charge is 0.0730 e. The normalized spacial score (nSPS) is 10.9. The molecule has 3 nitrogen and oxygen atoms in total. The quantitative estimate of drug-likeness (QED) is 0.315. The molecule has 0 radical (unpaired) electrons. The van der Waals surface area contributed by atoms with Crippen molar-refractivity contribution in [2.45, 2.75) is 0 Å². The van der Waals surface area contributed by atoms with Crippen LogP contribution in [0.4, 0.5) is 5.69 Å². The van der Waals surface area contributed by atoms with Gasteiger partial charge in [0.15, 0.2) is 0 Å². The number of fused-ring (bicyclic) bond motifs is 4. The molecule has 4 aromatic carbocycles. The Bertz CT molecular complexity index is 1310. The fourth-order valence-corrected chi connectivity index (χ4v) is 3.59. The first-order chi connectivity index (χ1) is 14.3. The van der Waals surface area contributed by atoms with E-state index in [1.165, 1.54) is 10.8 Å². The zero-order valence-corrected chi connectivity index (χ0v) is 15.8. The van der Waals surface area contributed by atoms with Crippen molar-refractivity contribution in [3.05, 3.63) is 103 Å². The molecule has 2 N–H and O–H groups in total. The third-order valence-corrected chi connectivity index (χ3v) is 5.05. The van der Waals surface area contributed by atoms with Gasteiger partial charge in [-0.3, -0.25) is 0 Å². The second-order valence-electron chi connectivity index (χ2n) is 6.93. The van der Waals surface area contributed by atoms with Crippen molar-refractivity contribution in [2.24, 2.45) is 0 Å². The number of para-hydroxylation sites is 4. The van der Waals surface area contributed by atoms with E-state index >= 15 is 0 Å². The van der Waals surface area contributed by atoms with Crippen molar-refractivity contribution >= 4 is 49.3 Å². The van der Waals surface area contributed by atoms with Crippen molar-refractivity contribution < 1.29 is 0 Å². The maximum atomic E-state index is 6.11. The van der Waals surface area contributed by atoms with E-state index in [0.29, 0.717) is 0 Å². The molecule has 6 rings (SSSR count). The Morgan fingerprint density at radius 1 is 0.448 bits per heavy atom. The van der Waals surface area contributed by atoms with Gasteiger partial charge in [-0.15, -0.1) is 0 Å². The molecule has 0 amide bonds. The number of aromatic nitrogens is 2. The van der Waals surface area contributed by atoms with Gasteiger partial charge < -0.3 is 5.73 Å². The largest absolute Gasteiger partial charge is 0.398 e. The molecule has 0 aliphatic carbocycles. The molecule has 0 atom stereocenters. The Kier molecular flexibility index (Phi) is 4.26. The number of pyridine rings is 2. The third kappa shape index (κ3) is 3.23. The Morgan fingerprint density at radius 2 is 0.828 bits per heavy atom. The zero-order chi connectivity index (χ0) is 19.6. The van der Waals surface area contributed by atoms with Crippen LogP contribution < -0.4 is 5.73 Å². The van der Waals surface area contributed by atoms with E-state index in [1.807, 2.05) is 84.9 Å². The number of hydrogen-bond acceptors (Lipinski definition) is 3. The fourth-order valence-electron chi connectivity index (χ4n) is 3.59. The molecule has 0 saturated heterocycles. The molecule has 138 valence electrons. The topological polar surface area (TPSA) is 51.8 Å². The summed E-state index contributed by atoms with van der Waals surface area (Å²) < 4.78 is 0. The highest BCUT2D eigenvalue weighted by Crippen LogP contribution is 2.27. The lowest BCUT2D eigenvalue weighted by Crippen LogP contribution is -1.91. The Labute approximate surface area is 168 Å². The van der Waals surface area contributed by atoms with E-state index in [-0.39, 0.29) is 0 Å². The summed E-state index contributed by atoms with van der Waals surface area (Å²) in [6.07, 6.45) is 0. The summed E-state index contributed by atoms with van der Waals surface area (Å²) >= 11 is 0. The predicted octanol–water partition coefficient (Wildman–Crippen LogP) is 6.36. The fraction of sp³-hybridized carbons (Fsp3) is 0. The van der Waals surface area contributed by atoms with Crippen molar-refractivity contribution in [3.8, 4) is 0 Å². The van der Waals surface area contributed by atoms with Gasteiger partial charge in [-0.05, 0) is 30.3 Å². The summed E-state index contributed by atoms with van der Waals surface area (Å²) in [6, 6.07) is 34.5. The lowest BCUT2D eigenvalue weighted by atomic mass is 10.1. The van der Waals surface area contributed by atoms with Gasteiger partial charge >= 0.3 is 0 Å². The van der Waals surface area contributed by atoms with Crippen molar-refractivity contribution in [2.75, 3.05) is 5.73 Å². The summed E-state index contributed by atoms with van der Waals surface area (Å²) in [5.41, 5.74) is 11.0. The summed E-state index contributed by atoms with van der Waals surface area (Å²) in [4.78, 5) is 9.14. The number of nitrogens with zero attached hydrogens (tertiary/aromatic N) is 2. The molecule has 0 bridgehead atoms. The molecule has 0 saturated carbocycles. The molecule has 2 heterocycles. The van der Waals surface area contributed by atoms with Crippen LogP contribution in [0, 0.1) is 0 Å². The first-order valence-corrected chi connectivity index (χ1v) is 9.57. The van der Waals surface area contributed by atoms with Gasteiger partial charge in [-0.1, -0.05) is 72.8 Å². The molecule has 0 fully saturated rings. The highest BCUT2D eigenvalue weighted by atomic mass is 14.7. The van der Waals surface area contributed by atoms with Crippen molar-refractivity contribution in [3.63, 3.8) is 0 Å². The average molecular weight is 373 g/mol. The van der Waals surface area contributed by atoms with Crippen LogP contribution in [0.2, 0.25) is 0 Å². The predicted molar refractivity (Wildman–Crippen MR) is 123 cm³/mol. The zero-order valence-electron chi connectivity index (χ0n) is 15.8. The molecule has 0 aliphatic heterocycles. The summed E-state index contributed by atoms with van der Waals surface area (Å²) in [5, 5.41) is 4.45. The number of nitrogen functional groups attached to an aromatic ring is 1. The van der Waals surface area contributed by atoms with Crippen LogP contribution in [0.3, 0.4) is 0 Å². The average Bonchev–Trinajstić information content (AvgIpc) is 2.78. The van der Waals surface area contributed by atoms with Crippen LogP contribution in [0.5, 0.6) is 0 Å². The van der Waals surface area contributed by atoms with E-state index in [4.69, 9.17) is 5.73 Å². The van der Waals surface area contributed by atoms with Gasteiger partial charge in [0.1, 0.15) is 0 Å². The summed E-state index contributed by atoms with van der Waals surface area (Å²) in [6.45, 7) is 0. The van der Waals surface area contributed by atoms with E-state index in [2.05, 4.69) is 28.2 Å². The molecule has 0 spiro atoms. The van der Waals surface area contributed by atoms with Crippen LogP contribution in [0.1, 0.15) is 0 Å². The molecule has 29 heavy (non-hydrogen) atoms. The Balaban J connectivity index is 0.000000125. The van der Waals surface area contributed by atoms with Gasteiger partial charge in [-0.2, -0.15) is 0 Å². The first-order valence-electron chi connectivity index (χ1n) is 9.57. The number of rotatable bonds is 0. The van der Waals surface area contributed by atoms with Crippen molar-refractivity contribution in [1.82, 2.24) is 9.97 Å². The van der Waals surface area contributed by atoms with Crippen LogP contribution in [-0.2, 0) is 0 Å². The molecular weight excluding hydrogens is 354 g/mol. The number of nitrogens with two attached hydrogens (primary N) is 1. The van der Waals surface area contributed by atoms with E-state index in [9.17, 15) is 0 Å². The SMILES string of the molecule is Nc1c2ccccc2nc2ccccc12.c1ccc2nc3ccccc3cc2c1. The maximum Gasteiger partial charge on any atom is 0.0730 e. The second kappa shape index (κ2) is 7.21. The maximum absolute atomic E-state index is 6.11. The van der Waals surface area contributed by atoms with E-state index in [1.54, 1.807) is 0 Å². The monoisotopic (exact) mass is 373 g/mol. The second-order valence-corrected chi connectivity index (χ2v) is 6.93. The summed E-state index contributed by atoms with van der Waals surface area (Å²) in [5.74, 6) is 0. The van der Waals surface area contributed by atoms with Gasteiger partial charge in [0.2, 0.25) is 0 Å². The number of benzene rings is 4. The lowest BCUT2D eigenvalue weighted by Gasteiger charge is -2.05. The first kappa shape index (κ1) is 17.1. The molecule has 3 heteroatoms. The summed E-state index contributed by atoms with van der Waals surface area (Å²) in [7, 11) is 0. The third-order valence-electron chi connectivity index (χ3n) is 5.05. The molecular formula is C26H19N3. The highest BCUT2D eigenvalue weighted by Gasteiger charge is 2.04. The van der Waals surface area contributed by atoms with Crippen LogP contribution >= 0.6 is 0 Å². The lowest BCUT2D eigenvalue weighted by molar-refractivity contribution is 1.50. The standard InChI is InChI=1S/C13H10N2.C13H9N/c14-13-9-5-1-3-7-11(9)15-12-8-4-2-6-10(12)13;1-3-7-12-10(5-1)9-11-6-2-4-8-13(11)14-12/h1-8H,(H2,14,15);1-9H. The minimum absolute atomic E-state index is 0.816. The molecule has 2 aromatic heterocycles. The van der Waals surface area contributed by atoms with Crippen LogP contribution in [0.25, 0.3) is 43.6 Å². The van der Waals surface area contributed by atoms with E-state index < -0.39 is 0 Å². The minimum Gasteiger partial charge on any atom is -0.398 e. The highest BCUT2D eigenvalue weighted by molar-refractivity contribution is 6.06. The van der Waals surface area contributed by atoms with Gasteiger partial charge in [0, 0.05) is 21.5 Å². The van der Waals surface area contributed by atoms with Gasteiger partial charge in [0.05, 0.1) is 27.8 Å². The van der Waals surface area contributed by atoms with Crippen LogP contribution in [-0.4, -0.2) is 9.97 Å². The van der Waals surface area contributed by atoms with Crippen molar-refractivity contribution in [1.29, 1.82) is 0 Å².